The van der Waals surface area contributed by atoms with E-state index < -0.39 is 0 Å². The minimum atomic E-state index is 0.753. The molecule has 2 heterocycles. The predicted octanol–water partition coefficient (Wildman–Crippen LogP) is 3.44. The van der Waals surface area contributed by atoms with Crippen molar-refractivity contribution in [3.63, 3.8) is 0 Å². The third kappa shape index (κ3) is 2.78. The van der Waals surface area contributed by atoms with E-state index in [2.05, 4.69) is 64.3 Å². The van der Waals surface area contributed by atoms with Crippen molar-refractivity contribution in [2.45, 2.75) is 6.92 Å². The lowest BCUT2D eigenvalue weighted by atomic mass is 10.0. The number of ether oxygens (including phenoxy) is 1. The molecule has 0 saturated carbocycles. The lowest BCUT2D eigenvalue weighted by Crippen LogP contribution is -2.36. The van der Waals surface area contributed by atoms with Gasteiger partial charge in [-0.1, -0.05) is 35.9 Å². The number of morpholine rings is 1. The Hall–Kier alpha value is -2.46. The Bertz CT molecular complexity index is 841. The normalized spacial score (nSPS) is 15.1. The van der Waals surface area contributed by atoms with Gasteiger partial charge in [-0.3, -0.25) is 0 Å². The van der Waals surface area contributed by atoms with Gasteiger partial charge in [0.05, 0.1) is 18.7 Å². The standard InChI is InChI=1S/C19H19N3O/c1-14-3-2-4-15(11-14)16-5-6-18-17(12-16)19(21-13-20-18)22-7-9-23-10-8-22/h2-6,11-13H,7-10H2,1H3. The Morgan fingerprint density at radius 1 is 0.957 bits per heavy atom. The maximum atomic E-state index is 5.45. The number of hydrogen-bond acceptors (Lipinski definition) is 4. The Balaban J connectivity index is 1.83. The Morgan fingerprint density at radius 2 is 1.78 bits per heavy atom. The minimum absolute atomic E-state index is 0.753. The van der Waals surface area contributed by atoms with Crippen LogP contribution in [0.1, 0.15) is 5.56 Å². The molecule has 0 spiro atoms. The van der Waals surface area contributed by atoms with Crippen LogP contribution in [0.25, 0.3) is 22.0 Å². The zero-order valence-corrected chi connectivity index (χ0v) is 13.2. The van der Waals surface area contributed by atoms with E-state index in [-0.39, 0.29) is 0 Å². The number of aromatic nitrogens is 2. The van der Waals surface area contributed by atoms with E-state index in [0.717, 1.165) is 43.0 Å². The van der Waals surface area contributed by atoms with E-state index >= 15 is 0 Å². The van der Waals surface area contributed by atoms with Gasteiger partial charge in [0.25, 0.3) is 0 Å². The summed E-state index contributed by atoms with van der Waals surface area (Å²) in [4.78, 5) is 11.2. The first-order chi connectivity index (χ1) is 11.3. The summed E-state index contributed by atoms with van der Waals surface area (Å²) < 4.78 is 5.45. The van der Waals surface area contributed by atoms with E-state index in [1.54, 1.807) is 6.33 Å². The quantitative estimate of drug-likeness (QED) is 0.727. The number of rotatable bonds is 2. The molecule has 1 aromatic heterocycles. The molecule has 0 atom stereocenters. The summed E-state index contributed by atoms with van der Waals surface area (Å²) in [5.74, 6) is 1.01. The molecular weight excluding hydrogens is 286 g/mol. The van der Waals surface area contributed by atoms with Gasteiger partial charge in [0.1, 0.15) is 12.1 Å². The van der Waals surface area contributed by atoms with Crippen LogP contribution < -0.4 is 4.90 Å². The topological polar surface area (TPSA) is 38.2 Å². The van der Waals surface area contributed by atoms with Crippen molar-refractivity contribution in [3.05, 3.63) is 54.4 Å². The molecule has 23 heavy (non-hydrogen) atoms. The van der Waals surface area contributed by atoms with Gasteiger partial charge >= 0.3 is 0 Å². The Morgan fingerprint density at radius 3 is 2.61 bits per heavy atom. The molecule has 116 valence electrons. The van der Waals surface area contributed by atoms with Crippen LogP contribution in [0.3, 0.4) is 0 Å². The monoisotopic (exact) mass is 305 g/mol. The molecule has 0 N–H and O–H groups in total. The molecule has 0 bridgehead atoms. The molecule has 1 aliphatic rings. The summed E-state index contributed by atoms with van der Waals surface area (Å²) in [6, 6.07) is 15.0. The van der Waals surface area contributed by atoms with Gasteiger partial charge in [0.15, 0.2) is 0 Å². The number of aryl methyl sites for hydroxylation is 1. The zero-order valence-electron chi connectivity index (χ0n) is 13.2. The lowest BCUT2D eigenvalue weighted by molar-refractivity contribution is 0.122. The Labute approximate surface area is 135 Å². The van der Waals surface area contributed by atoms with Crippen molar-refractivity contribution in [2.75, 3.05) is 31.2 Å². The van der Waals surface area contributed by atoms with Crippen LogP contribution in [0, 0.1) is 6.92 Å². The molecule has 4 heteroatoms. The molecule has 0 amide bonds. The highest BCUT2D eigenvalue weighted by Crippen LogP contribution is 2.29. The van der Waals surface area contributed by atoms with Crippen LogP contribution in [0.2, 0.25) is 0 Å². The van der Waals surface area contributed by atoms with Crippen molar-refractivity contribution in [3.8, 4) is 11.1 Å². The molecular formula is C19H19N3O. The summed E-state index contributed by atoms with van der Waals surface area (Å²) in [6.07, 6.45) is 1.65. The van der Waals surface area contributed by atoms with Gasteiger partial charge in [-0.05, 0) is 30.2 Å². The fourth-order valence-electron chi connectivity index (χ4n) is 3.07. The van der Waals surface area contributed by atoms with Crippen molar-refractivity contribution < 1.29 is 4.74 Å². The molecule has 1 saturated heterocycles. The smallest absolute Gasteiger partial charge is 0.140 e. The fraction of sp³-hybridized carbons (Fsp3) is 0.263. The van der Waals surface area contributed by atoms with Crippen molar-refractivity contribution in [2.24, 2.45) is 0 Å². The van der Waals surface area contributed by atoms with Crippen LogP contribution in [0.5, 0.6) is 0 Å². The molecule has 0 unspecified atom stereocenters. The SMILES string of the molecule is Cc1cccc(-c2ccc3ncnc(N4CCOCC4)c3c2)c1. The molecule has 0 radical (unpaired) electrons. The fourth-order valence-corrected chi connectivity index (χ4v) is 3.07. The van der Waals surface area contributed by atoms with Crippen LogP contribution in [0.15, 0.2) is 48.8 Å². The maximum absolute atomic E-state index is 5.45. The third-order valence-electron chi connectivity index (χ3n) is 4.28. The summed E-state index contributed by atoms with van der Waals surface area (Å²) in [5, 5.41) is 1.11. The highest BCUT2D eigenvalue weighted by molar-refractivity contribution is 5.93. The second-order valence-corrected chi connectivity index (χ2v) is 5.90. The van der Waals surface area contributed by atoms with Crippen molar-refractivity contribution in [1.29, 1.82) is 0 Å². The molecule has 4 rings (SSSR count). The van der Waals surface area contributed by atoms with Gasteiger partial charge < -0.3 is 9.64 Å². The lowest BCUT2D eigenvalue weighted by Gasteiger charge is -2.28. The molecule has 3 aromatic rings. The minimum Gasteiger partial charge on any atom is -0.378 e. The second-order valence-electron chi connectivity index (χ2n) is 5.90. The Kier molecular flexibility index (Phi) is 3.67. The van der Waals surface area contributed by atoms with Crippen LogP contribution in [0.4, 0.5) is 5.82 Å². The van der Waals surface area contributed by atoms with Gasteiger partial charge in [0.2, 0.25) is 0 Å². The number of benzene rings is 2. The molecule has 4 nitrogen and oxygen atoms in total. The summed E-state index contributed by atoms with van der Waals surface area (Å²) in [6.45, 7) is 5.38. The zero-order chi connectivity index (χ0) is 15.6. The second kappa shape index (κ2) is 5.97. The average molecular weight is 305 g/mol. The summed E-state index contributed by atoms with van der Waals surface area (Å²) >= 11 is 0. The van der Waals surface area contributed by atoms with Gasteiger partial charge in [0, 0.05) is 18.5 Å². The third-order valence-corrected chi connectivity index (χ3v) is 4.28. The molecule has 1 aliphatic heterocycles. The number of hydrogen-bond donors (Lipinski definition) is 0. The highest BCUT2D eigenvalue weighted by atomic mass is 16.5. The van der Waals surface area contributed by atoms with E-state index in [9.17, 15) is 0 Å². The first-order valence-corrected chi connectivity index (χ1v) is 7.96. The molecule has 2 aromatic carbocycles. The van der Waals surface area contributed by atoms with Crippen LogP contribution in [-0.4, -0.2) is 36.3 Å². The molecule has 0 aliphatic carbocycles. The van der Waals surface area contributed by atoms with E-state index in [0.29, 0.717) is 0 Å². The predicted molar refractivity (Wildman–Crippen MR) is 92.7 cm³/mol. The summed E-state index contributed by atoms with van der Waals surface area (Å²) in [5.41, 5.74) is 4.67. The van der Waals surface area contributed by atoms with Gasteiger partial charge in [-0.25, -0.2) is 9.97 Å². The van der Waals surface area contributed by atoms with E-state index in [4.69, 9.17) is 4.74 Å². The highest BCUT2D eigenvalue weighted by Gasteiger charge is 2.16. The van der Waals surface area contributed by atoms with Crippen LogP contribution in [-0.2, 0) is 4.74 Å². The first kappa shape index (κ1) is 14.2. The van der Waals surface area contributed by atoms with Crippen molar-refractivity contribution >= 4 is 16.7 Å². The summed E-state index contributed by atoms with van der Waals surface area (Å²) in [7, 11) is 0. The number of nitrogens with zero attached hydrogens (tertiary/aromatic N) is 3. The van der Waals surface area contributed by atoms with E-state index in [1.165, 1.54) is 16.7 Å². The average Bonchev–Trinajstić information content (AvgIpc) is 2.61. The number of fused-ring (bicyclic) bond motifs is 1. The number of anilines is 1. The van der Waals surface area contributed by atoms with Crippen molar-refractivity contribution in [1.82, 2.24) is 9.97 Å². The van der Waals surface area contributed by atoms with Crippen LogP contribution >= 0.6 is 0 Å². The van der Waals surface area contributed by atoms with Gasteiger partial charge in [-0.15, -0.1) is 0 Å². The van der Waals surface area contributed by atoms with E-state index in [1.807, 2.05) is 0 Å². The van der Waals surface area contributed by atoms with Gasteiger partial charge in [-0.2, -0.15) is 0 Å². The first-order valence-electron chi connectivity index (χ1n) is 7.96. The largest absolute Gasteiger partial charge is 0.378 e. The molecule has 1 fully saturated rings. The maximum Gasteiger partial charge on any atom is 0.140 e.